The summed E-state index contributed by atoms with van der Waals surface area (Å²) in [6.45, 7) is 2.31. The molecule has 0 unspecified atom stereocenters. The van der Waals surface area contributed by atoms with Crippen LogP contribution in [0.3, 0.4) is 0 Å². The quantitative estimate of drug-likeness (QED) is 0.434. The number of para-hydroxylation sites is 1. The maximum Gasteiger partial charge on any atom is 0.256 e. The van der Waals surface area contributed by atoms with Crippen LogP contribution < -0.4 is 5.32 Å². The highest BCUT2D eigenvalue weighted by Crippen LogP contribution is 2.27. The molecule has 0 saturated carbocycles. The molecule has 7 nitrogen and oxygen atoms in total. The van der Waals surface area contributed by atoms with Gasteiger partial charge in [-0.05, 0) is 36.8 Å². The van der Waals surface area contributed by atoms with Crippen LogP contribution in [-0.2, 0) is 13.6 Å². The van der Waals surface area contributed by atoms with E-state index in [1.165, 1.54) is 12.1 Å². The van der Waals surface area contributed by atoms with E-state index in [1.807, 2.05) is 50.5 Å². The maximum atomic E-state index is 13.4. The largest absolute Gasteiger partial charge is 0.319 e. The maximum absolute atomic E-state index is 13.4. The summed E-state index contributed by atoms with van der Waals surface area (Å²) < 4.78 is 16.8. The second kappa shape index (κ2) is 8.31. The molecule has 0 aliphatic heterocycles. The molecule has 5 aromatic rings. The first kappa shape index (κ1) is 20.6. The van der Waals surface area contributed by atoms with Gasteiger partial charge in [-0.1, -0.05) is 30.3 Å². The number of carbonyl (C=O) groups is 1. The first-order valence-electron chi connectivity index (χ1n) is 10.4. The number of pyridine rings is 1. The van der Waals surface area contributed by atoms with Gasteiger partial charge >= 0.3 is 0 Å². The van der Waals surface area contributed by atoms with E-state index in [9.17, 15) is 9.18 Å². The Balaban J connectivity index is 1.45. The molecule has 0 radical (unpaired) electrons. The van der Waals surface area contributed by atoms with Gasteiger partial charge in [0.05, 0.1) is 40.9 Å². The Morgan fingerprint density at radius 1 is 1.09 bits per heavy atom. The average Bonchev–Trinajstić information content (AvgIpc) is 3.37. The third-order valence-corrected chi connectivity index (χ3v) is 5.37. The number of benzene rings is 2. The second-order valence-electron chi connectivity index (χ2n) is 7.88. The van der Waals surface area contributed by atoms with E-state index in [2.05, 4.69) is 15.5 Å². The Hall–Kier alpha value is -4.33. The summed E-state index contributed by atoms with van der Waals surface area (Å²) in [7, 11) is 1.85. The van der Waals surface area contributed by atoms with Gasteiger partial charge in [0.2, 0.25) is 0 Å². The van der Waals surface area contributed by atoms with Crippen LogP contribution in [-0.4, -0.2) is 30.5 Å². The Labute approximate surface area is 189 Å². The lowest BCUT2D eigenvalue weighted by Gasteiger charge is -2.09. The molecule has 5 rings (SSSR count). The Morgan fingerprint density at radius 3 is 2.73 bits per heavy atom. The van der Waals surface area contributed by atoms with Crippen LogP contribution in [0.4, 0.5) is 10.1 Å². The number of hydrogen-bond donors (Lipinski definition) is 1. The van der Waals surface area contributed by atoms with Gasteiger partial charge in [0.1, 0.15) is 5.82 Å². The van der Waals surface area contributed by atoms with Crippen molar-refractivity contribution < 1.29 is 9.18 Å². The Kier molecular flexibility index (Phi) is 5.18. The Morgan fingerprint density at radius 2 is 1.94 bits per heavy atom. The molecule has 0 atom stereocenters. The highest BCUT2D eigenvalue weighted by Gasteiger charge is 2.17. The minimum atomic E-state index is -0.294. The summed E-state index contributed by atoms with van der Waals surface area (Å²) in [5.41, 5.74) is 4.97. The van der Waals surface area contributed by atoms with E-state index in [1.54, 1.807) is 33.9 Å². The first-order valence-corrected chi connectivity index (χ1v) is 10.4. The highest BCUT2D eigenvalue weighted by atomic mass is 19.1. The number of halogens is 1. The predicted octanol–water partition coefficient (Wildman–Crippen LogP) is 4.58. The van der Waals surface area contributed by atoms with Crippen molar-refractivity contribution in [2.75, 3.05) is 5.32 Å². The summed E-state index contributed by atoms with van der Waals surface area (Å²) in [5.74, 6) is -0.556. The molecule has 0 aliphatic rings. The summed E-state index contributed by atoms with van der Waals surface area (Å²) in [4.78, 5) is 18.0. The van der Waals surface area contributed by atoms with Gasteiger partial charge < -0.3 is 5.32 Å². The third kappa shape index (κ3) is 4.23. The van der Waals surface area contributed by atoms with Gasteiger partial charge in [0, 0.05) is 30.4 Å². The molecule has 0 fully saturated rings. The van der Waals surface area contributed by atoms with Crippen molar-refractivity contribution in [3.63, 3.8) is 0 Å². The molecule has 0 aliphatic carbocycles. The molecule has 8 heteroatoms. The van der Waals surface area contributed by atoms with E-state index in [-0.39, 0.29) is 11.7 Å². The lowest BCUT2D eigenvalue weighted by atomic mass is 10.0. The monoisotopic (exact) mass is 440 g/mol. The summed E-state index contributed by atoms with van der Waals surface area (Å²) in [6, 6.07) is 15.7. The normalized spacial score (nSPS) is 11.1. The van der Waals surface area contributed by atoms with Gasteiger partial charge in [-0.2, -0.15) is 10.2 Å². The van der Waals surface area contributed by atoms with E-state index >= 15 is 0 Å². The van der Waals surface area contributed by atoms with Gasteiger partial charge in [-0.3, -0.25) is 14.2 Å². The minimum Gasteiger partial charge on any atom is -0.319 e. The number of nitrogens with one attached hydrogen (secondary N) is 1. The zero-order valence-corrected chi connectivity index (χ0v) is 18.2. The average molecular weight is 440 g/mol. The summed E-state index contributed by atoms with van der Waals surface area (Å²) >= 11 is 0. The number of hydrogen-bond acceptors (Lipinski definition) is 4. The molecular weight excluding hydrogens is 419 g/mol. The van der Waals surface area contributed by atoms with Crippen LogP contribution in [0, 0.1) is 12.7 Å². The topological polar surface area (TPSA) is 77.6 Å². The van der Waals surface area contributed by atoms with E-state index in [0.717, 1.165) is 27.7 Å². The van der Waals surface area contributed by atoms with Crippen molar-refractivity contribution in [3.05, 3.63) is 95.8 Å². The van der Waals surface area contributed by atoms with Crippen molar-refractivity contribution in [2.24, 2.45) is 7.05 Å². The lowest BCUT2D eigenvalue weighted by molar-refractivity contribution is 0.102. The molecule has 1 N–H and O–H groups in total. The summed E-state index contributed by atoms with van der Waals surface area (Å²) in [6.07, 6.45) is 5.19. The highest BCUT2D eigenvalue weighted by molar-refractivity contribution is 6.13. The third-order valence-electron chi connectivity index (χ3n) is 5.37. The van der Waals surface area contributed by atoms with E-state index in [0.29, 0.717) is 23.5 Å². The molecule has 1 amide bonds. The number of aromatic nitrogens is 5. The summed E-state index contributed by atoms with van der Waals surface area (Å²) in [5, 5.41) is 12.4. The predicted molar refractivity (Wildman–Crippen MR) is 124 cm³/mol. The number of amides is 1. The molecule has 0 bridgehead atoms. The van der Waals surface area contributed by atoms with Gasteiger partial charge in [-0.25, -0.2) is 9.37 Å². The zero-order valence-electron chi connectivity index (χ0n) is 18.2. The van der Waals surface area contributed by atoms with Crippen LogP contribution in [0.2, 0.25) is 0 Å². The van der Waals surface area contributed by atoms with Crippen molar-refractivity contribution in [2.45, 2.75) is 13.5 Å². The smallest absolute Gasteiger partial charge is 0.256 e. The standard InChI is InChI=1S/C25H21FN6O/c1-16-22(15-31(2)30-16)24-11-21(20-8-3-4-9-23(20)29-24)25(33)28-19-12-27-32(14-19)13-17-6-5-7-18(26)10-17/h3-12,14-15H,13H2,1-2H3,(H,28,33). The van der Waals surface area contributed by atoms with E-state index < -0.39 is 0 Å². The number of fused-ring (bicyclic) bond motifs is 1. The van der Waals surface area contributed by atoms with Crippen LogP contribution in [0.1, 0.15) is 21.6 Å². The number of aryl methyl sites for hydroxylation is 2. The molecule has 0 spiro atoms. The fraction of sp³-hybridized carbons (Fsp3) is 0.120. The minimum absolute atomic E-state index is 0.262. The molecule has 2 aromatic carbocycles. The molecule has 3 aromatic heterocycles. The van der Waals surface area contributed by atoms with Crippen LogP contribution in [0.25, 0.3) is 22.2 Å². The number of carbonyl (C=O) groups excluding carboxylic acids is 1. The van der Waals surface area contributed by atoms with Gasteiger partial charge in [0.15, 0.2) is 0 Å². The fourth-order valence-electron chi connectivity index (χ4n) is 3.89. The first-order chi connectivity index (χ1) is 16.0. The lowest BCUT2D eigenvalue weighted by Crippen LogP contribution is -2.13. The molecule has 3 heterocycles. The molecular formula is C25H21FN6O. The second-order valence-corrected chi connectivity index (χ2v) is 7.88. The molecule has 164 valence electrons. The van der Waals surface area contributed by atoms with Crippen molar-refractivity contribution in [3.8, 4) is 11.3 Å². The number of rotatable bonds is 5. The molecule has 0 saturated heterocycles. The van der Waals surface area contributed by atoms with Crippen LogP contribution in [0.15, 0.2) is 73.2 Å². The van der Waals surface area contributed by atoms with Crippen molar-refractivity contribution >= 4 is 22.5 Å². The van der Waals surface area contributed by atoms with Gasteiger partial charge in [0.25, 0.3) is 5.91 Å². The zero-order chi connectivity index (χ0) is 22.9. The Bertz CT molecular complexity index is 1490. The molecule has 33 heavy (non-hydrogen) atoms. The van der Waals surface area contributed by atoms with Crippen molar-refractivity contribution in [1.82, 2.24) is 24.5 Å². The fourth-order valence-corrected chi connectivity index (χ4v) is 3.89. The van der Waals surface area contributed by atoms with Crippen LogP contribution >= 0.6 is 0 Å². The number of anilines is 1. The van der Waals surface area contributed by atoms with Gasteiger partial charge in [-0.15, -0.1) is 0 Å². The number of nitrogens with zero attached hydrogens (tertiary/aromatic N) is 5. The van der Waals surface area contributed by atoms with E-state index in [4.69, 9.17) is 4.98 Å². The van der Waals surface area contributed by atoms with Crippen molar-refractivity contribution in [1.29, 1.82) is 0 Å². The van der Waals surface area contributed by atoms with Crippen LogP contribution in [0.5, 0.6) is 0 Å². The SMILES string of the molecule is Cc1nn(C)cc1-c1cc(C(=O)Nc2cnn(Cc3cccc(F)c3)c2)c2ccccc2n1.